The number of hydrogen-bond acceptors (Lipinski definition) is 5. The molecule has 122 valence electrons. The number of aliphatic imine (C=N–C) groups is 1. The van der Waals surface area contributed by atoms with Gasteiger partial charge < -0.3 is 14.7 Å². The summed E-state index contributed by atoms with van der Waals surface area (Å²) in [5, 5.41) is 10.4. The highest BCUT2D eigenvalue weighted by atomic mass is 32.2. The van der Waals surface area contributed by atoms with E-state index in [0.717, 1.165) is 30.2 Å². The summed E-state index contributed by atoms with van der Waals surface area (Å²) in [6, 6.07) is 5.01. The third kappa shape index (κ3) is 3.52. The van der Waals surface area contributed by atoms with Gasteiger partial charge in [-0.2, -0.15) is 4.99 Å². The first-order valence-corrected chi connectivity index (χ1v) is 8.53. The lowest BCUT2D eigenvalue weighted by atomic mass is 10.0. The minimum absolute atomic E-state index is 0.0827. The van der Waals surface area contributed by atoms with Crippen LogP contribution in [-0.4, -0.2) is 41.3 Å². The van der Waals surface area contributed by atoms with Crippen molar-refractivity contribution in [1.29, 1.82) is 0 Å². The van der Waals surface area contributed by atoms with E-state index in [9.17, 15) is 9.90 Å². The Balaban J connectivity index is 1.76. The fraction of sp³-hybridized carbons (Fsp3) is 0.412. The number of thioether (sulfide) groups is 1. The Morgan fingerprint density at radius 3 is 3.04 bits per heavy atom. The summed E-state index contributed by atoms with van der Waals surface area (Å²) in [5.74, 6) is 0.909. The number of phenols is 1. The summed E-state index contributed by atoms with van der Waals surface area (Å²) in [5.41, 5.74) is 0.805. The van der Waals surface area contributed by atoms with Gasteiger partial charge in [-0.25, -0.2) is 0 Å². The van der Waals surface area contributed by atoms with Crippen molar-refractivity contribution in [3.8, 4) is 11.5 Å². The quantitative estimate of drug-likeness (QED) is 0.843. The molecule has 0 spiro atoms. The molecule has 1 atom stereocenters. The molecule has 0 saturated carbocycles. The van der Waals surface area contributed by atoms with E-state index in [4.69, 9.17) is 4.74 Å². The number of ether oxygens (including phenoxy) is 1. The van der Waals surface area contributed by atoms with Crippen molar-refractivity contribution in [2.24, 2.45) is 10.9 Å². The van der Waals surface area contributed by atoms with Crippen molar-refractivity contribution < 1.29 is 14.6 Å². The van der Waals surface area contributed by atoms with E-state index >= 15 is 0 Å². The number of nitrogens with zero attached hydrogens (tertiary/aromatic N) is 2. The molecule has 2 heterocycles. The van der Waals surface area contributed by atoms with Crippen LogP contribution in [-0.2, 0) is 4.79 Å². The standard InChI is InChI=1S/C17H20N2O3S/c1-11-4-3-7-19(10-11)17-18-16(21)15(23-17)9-12-5-6-13(20)14(8-12)22-2/h5-6,8-9,11,20H,3-4,7,10H2,1-2H3/b15-9-/t11-/m0/s1. The Morgan fingerprint density at radius 2 is 2.30 bits per heavy atom. The third-order valence-electron chi connectivity index (χ3n) is 4.04. The fourth-order valence-electron chi connectivity index (χ4n) is 2.83. The Labute approximate surface area is 140 Å². The first kappa shape index (κ1) is 15.9. The largest absolute Gasteiger partial charge is 0.504 e. The SMILES string of the molecule is COc1cc(/C=C2\SC(N3CCC[C@H](C)C3)=NC2=O)ccc1O. The minimum Gasteiger partial charge on any atom is -0.504 e. The van der Waals surface area contributed by atoms with E-state index in [2.05, 4.69) is 16.8 Å². The minimum atomic E-state index is -0.199. The molecule has 0 aromatic heterocycles. The highest BCUT2D eigenvalue weighted by molar-refractivity contribution is 8.18. The molecule has 1 N–H and O–H groups in total. The van der Waals surface area contributed by atoms with Crippen molar-refractivity contribution in [3.63, 3.8) is 0 Å². The van der Waals surface area contributed by atoms with Crippen LogP contribution in [0.4, 0.5) is 0 Å². The highest BCUT2D eigenvalue weighted by Gasteiger charge is 2.28. The number of piperidine rings is 1. The Bertz CT molecular complexity index is 684. The van der Waals surface area contributed by atoms with Crippen molar-refractivity contribution in [3.05, 3.63) is 28.7 Å². The Morgan fingerprint density at radius 1 is 1.48 bits per heavy atom. The lowest BCUT2D eigenvalue weighted by molar-refractivity contribution is -0.113. The van der Waals surface area contributed by atoms with Crippen LogP contribution in [0.3, 0.4) is 0 Å². The molecule has 0 bridgehead atoms. The lowest BCUT2D eigenvalue weighted by Gasteiger charge is -2.31. The van der Waals surface area contributed by atoms with Gasteiger partial charge in [0.2, 0.25) is 0 Å². The van der Waals surface area contributed by atoms with Crippen LogP contribution in [0.1, 0.15) is 25.3 Å². The maximum Gasteiger partial charge on any atom is 0.286 e. The average molecular weight is 332 g/mol. The Kier molecular flexibility index (Phi) is 4.61. The first-order chi connectivity index (χ1) is 11.1. The van der Waals surface area contributed by atoms with Gasteiger partial charge in [0, 0.05) is 13.1 Å². The second kappa shape index (κ2) is 6.66. The van der Waals surface area contributed by atoms with Crippen molar-refractivity contribution in [2.75, 3.05) is 20.2 Å². The van der Waals surface area contributed by atoms with Gasteiger partial charge in [0.05, 0.1) is 12.0 Å². The number of amides is 1. The first-order valence-electron chi connectivity index (χ1n) is 7.71. The van der Waals surface area contributed by atoms with Crippen LogP contribution < -0.4 is 4.74 Å². The van der Waals surface area contributed by atoms with Gasteiger partial charge in [0.15, 0.2) is 16.7 Å². The molecule has 23 heavy (non-hydrogen) atoms. The molecule has 1 fully saturated rings. The maximum absolute atomic E-state index is 12.2. The number of phenolic OH excluding ortho intramolecular Hbond substituents is 1. The van der Waals surface area contributed by atoms with Crippen LogP contribution in [0.15, 0.2) is 28.1 Å². The van der Waals surface area contributed by atoms with Gasteiger partial charge in [-0.3, -0.25) is 4.79 Å². The number of hydrogen-bond donors (Lipinski definition) is 1. The summed E-state index contributed by atoms with van der Waals surface area (Å²) in [6.45, 7) is 4.15. The summed E-state index contributed by atoms with van der Waals surface area (Å²) in [4.78, 5) is 19.2. The predicted octanol–water partition coefficient (Wildman–Crippen LogP) is 3.10. The second-order valence-electron chi connectivity index (χ2n) is 5.93. The molecule has 0 unspecified atom stereocenters. The van der Waals surface area contributed by atoms with Crippen LogP contribution in [0.5, 0.6) is 11.5 Å². The van der Waals surface area contributed by atoms with E-state index in [1.54, 1.807) is 24.3 Å². The zero-order chi connectivity index (χ0) is 16.4. The van der Waals surface area contributed by atoms with Crippen molar-refractivity contribution >= 4 is 28.9 Å². The van der Waals surface area contributed by atoms with Crippen molar-refractivity contribution in [2.45, 2.75) is 19.8 Å². The normalized spacial score (nSPS) is 23.3. The molecule has 1 amide bonds. The van der Waals surface area contributed by atoms with Gasteiger partial charge in [0.25, 0.3) is 5.91 Å². The summed E-state index contributed by atoms with van der Waals surface area (Å²) in [6.07, 6.45) is 4.17. The van der Waals surface area contributed by atoms with Gasteiger partial charge in [-0.1, -0.05) is 13.0 Å². The molecule has 2 aliphatic rings. The number of benzene rings is 1. The number of aromatic hydroxyl groups is 1. The molecule has 1 aromatic carbocycles. The van der Waals surface area contributed by atoms with Gasteiger partial charge in [-0.05, 0) is 54.3 Å². The molecule has 2 aliphatic heterocycles. The van der Waals surface area contributed by atoms with E-state index in [-0.39, 0.29) is 11.7 Å². The molecule has 0 radical (unpaired) electrons. The van der Waals surface area contributed by atoms with Crippen molar-refractivity contribution in [1.82, 2.24) is 4.90 Å². The maximum atomic E-state index is 12.2. The van der Waals surface area contributed by atoms with Crippen LogP contribution in [0.25, 0.3) is 6.08 Å². The molecular formula is C17H20N2O3S. The number of carbonyl (C=O) groups excluding carboxylic acids is 1. The van der Waals surface area contributed by atoms with E-state index < -0.39 is 0 Å². The number of methoxy groups -OCH3 is 1. The third-order valence-corrected chi connectivity index (χ3v) is 5.08. The molecule has 3 rings (SSSR count). The fourth-order valence-corrected chi connectivity index (χ4v) is 3.78. The topological polar surface area (TPSA) is 62.1 Å². The zero-order valence-electron chi connectivity index (χ0n) is 13.3. The average Bonchev–Trinajstić information content (AvgIpc) is 2.90. The van der Waals surface area contributed by atoms with Gasteiger partial charge >= 0.3 is 0 Å². The molecule has 1 saturated heterocycles. The number of amidine groups is 1. The van der Waals surface area contributed by atoms with E-state index in [1.165, 1.54) is 25.3 Å². The molecule has 1 aromatic rings. The Hall–Kier alpha value is -1.95. The highest BCUT2D eigenvalue weighted by Crippen LogP contribution is 2.33. The van der Waals surface area contributed by atoms with E-state index in [0.29, 0.717) is 16.6 Å². The van der Waals surface area contributed by atoms with Gasteiger partial charge in [-0.15, -0.1) is 0 Å². The second-order valence-corrected chi connectivity index (χ2v) is 6.94. The smallest absolute Gasteiger partial charge is 0.286 e. The molecule has 0 aliphatic carbocycles. The van der Waals surface area contributed by atoms with Gasteiger partial charge in [0.1, 0.15) is 0 Å². The zero-order valence-corrected chi connectivity index (χ0v) is 14.1. The number of likely N-dealkylation sites (tertiary alicyclic amines) is 1. The monoisotopic (exact) mass is 332 g/mol. The van der Waals surface area contributed by atoms with Crippen LogP contribution >= 0.6 is 11.8 Å². The van der Waals surface area contributed by atoms with E-state index in [1.807, 2.05) is 0 Å². The predicted molar refractivity (Wildman–Crippen MR) is 92.6 cm³/mol. The molecular weight excluding hydrogens is 312 g/mol. The number of carbonyl (C=O) groups is 1. The molecule has 6 heteroatoms. The van der Waals surface area contributed by atoms with Crippen LogP contribution in [0, 0.1) is 5.92 Å². The summed E-state index contributed by atoms with van der Waals surface area (Å²) in [7, 11) is 1.50. The number of rotatable bonds is 2. The lowest BCUT2D eigenvalue weighted by Crippen LogP contribution is -2.37. The summed E-state index contributed by atoms with van der Waals surface area (Å²) >= 11 is 1.42. The van der Waals surface area contributed by atoms with Crippen LogP contribution in [0.2, 0.25) is 0 Å². The summed E-state index contributed by atoms with van der Waals surface area (Å²) < 4.78 is 5.10. The molecule has 5 nitrogen and oxygen atoms in total.